The van der Waals surface area contributed by atoms with Crippen molar-refractivity contribution < 1.29 is 35.4 Å². The maximum atomic E-state index is 13.3. The highest BCUT2D eigenvalue weighted by Gasteiger charge is 2.49. The van der Waals surface area contributed by atoms with Gasteiger partial charge in [0.2, 0.25) is 0 Å². The van der Waals surface area contributed by atoms with E-state index in [1.165, 1.54) is 0 Å². The molecule has 0 unspecified atom stereocenters. The molecular formula is C23H35F6N5O2P3+. The number of halogens is 6. The van der Waals surface area contributed by atoms with Crippen LogP contribution in [-0.4, -0.2) is 88.5 Å². The van der Waals surface area contributed by atoms with E-state index >= 15 is 0 Å². The van der Waals surface area contributed by atoms with Gasteiger partial charge in [-0.1, -0.05) is 65.2 Å². The van der Waals surface area contributed by atoms with E-state index in [9.17, 15) is 26.3 Å². The Labute approximate surface area is 227 Å². The van der Waals surface area contributed by atoms with Crippen LogP contribution in [0, 0.1) is 0 Å². The summed E-state index contributed by atoms with van der Waals surface area (Å²) in [4.78, 5) is 0. The molecular weight excluding hydrogens is 585 g/mol. The van der Waals surface area contributed by atoms with Gasteiger partial charge in [0.25, 0.3) is 0 Å². The second-order valence-corrected chi connectivity index (χ2v) is 18.4. The second-order valence-electron chi connectivity index (χ2n) is 9.11. The fourth-order valence-electron chi connectivity index (χ4n) is 3.84. The highest BCUT2D eigenvalue weighted by molar-refractivity contribution is 7.88. The Morgan fingerprint density at radius 1 is 0.667 bits per heavy atom. The first-order chi connectivity index (χ1) is 17.9. The van der Waals surface area contributed by atoms with Crippen LogP contribution in [0.1, 0.15) is 0 Å². The summed E-state index contributed by atoms with van der Waals surface area (Å²) in [5, 5.41) is 1.06. The number of alkyl halides is 6. The number of hydrogen-bond donors (Lipinski definition) is 0. The molecule has 0 aliphatic carbocycles. The molecule has 0 heterocycles. The van der Waals surface area contributed by atoms with Gasteiger partial charge >= 0.3 is 20.2 Å². The summed E-state index contributed by atoms with van der Waals surface area (Å²) in [6.45, 7) is -2.57. The van der Waals surface area contributed by atoms with Gasteiger partial charge in [-0.15, -0.1) is 0 Å². The lowest BCUT2D eigenvalue weighted by Gasteiger charge is -2.42. The average Bonchev–Trinajstić information content (AvgIpc) is 2.84. The first-order valence-corrected chi connectivity index (χ1v) is 16.9. The fourth-order valence-corrected chi connectivity index (χ4v) is 16.0. The number of benzene rings is 2. The van der Waals surface area contributed by atoms with Gasteiger partial charge < -0.3 is 0 Å². The van der Waals surface area contributed by atoms with Crippen LogP contribution >= 0.6 is 22.6 Å². The molecule has 0 N–H and O–H groups in total. The summed E-state index contributed by atoms with van der Waals surface area (Å²) in [6.07, 6.45) is -9.63. The van der Waals surface area contributed by atoms with Crippen molar-refractivity contribution in [3.8, 4) is 0 Å². The monoisotopic (exact) mass is 620 g/mol. The standard InChI is InChI=1S/C23H35F6N5O2P3/c1-32(2)39(33(3)4,34(5)6)31-38(20-14-10-8-11-15-20,21-16-12-9-13-17-21)30-37(7,35-18-22(24,25)26)36-19-23(27,28)29/h8-17H,18-19H2,1-7H3/q+1. The molecule has 7 nitrogen and oxygen atoms in total. The first-order valence-electron chi connectivity index (χ1n) is 11.6. The van der Waals surface area contributed by atoms with Crippen LogP contribution in [0.2, 0.25) is 0 Å². The Balaban J connectivity index is 3.17. The van der Waals surface area contributed by atoms with E-state index in [0.717, 1.165) is 6.66 Å². The molecule has 0 saturated heterocycles. The normalized spacial score (nSPS) is 13.8. The van der Waals surface area contributed by atoms with E-state index in [4.69, 9.17) is 18.1 Å². The lowest BCUT2D eigenvalue weighted by atomic mass is 10.4. The molecule has 0 aromatic heterocycles. The number of nitrogens with zero attached hydrogens (tertiary/aromatic N) is 5. The van der Waals surface area contributed by atoms with Crippen LogP contribution in [0.15, 0.2) is 69.7 Å². The van der Waals surface area contributed by atoms with E-state index in [2.05, 4.69) is 0 Å². The molecule has 0 aliphatic heterocycles. The highest BCUT2D eigenvalue weighted by atomic mass is 31.2. The molecule has 2 aromatic carbocycles. The molecule has 0 amide bonds. The summed E-state index contributed by atoms with van der Waals surface area (Å²) in [7, 11) is 0.367. The largest absolute Gasteiger partial charge is 0.416 e. The predicted octanol–water partition coefficient (Wildman–Crippen LogP) is 6.93. The van der Waals surface area contributed by atoms with Crippen LogP contribution in [0.25, 0.3) is 0 Å². The fraction of sp³-hybridized carbons (Fsp3) is 0.478. The molecule has 0 saturated carbocycles. The van der Waals surface area contributed by atoms with Crippen molar-refractivity contribution in [2.45, 2.75) is 12.4 Å². The van der Waals surface area contributed by atoms with Crippen LogP contribution in [0.3, 0.4) is 0 Å². The maximum Gasteiger partial charge on any atom is 0.416 e. The summed E-state index contributed by atoms with van der Waals surface area (Å²) < 4.78 is 106. The van der Waals surface area contributed by atoms with Gasteiger partial charge in [0.15, 0.2) is 27.9 Å². The molecule has 0 aliphatic rings. The molecule has 0 spiro atoms. The Kier molecular flexibility index (Phi) is 11.4. The lowest BCUT2D eigenvalue weighted by Crippen LogP contribution is -2.31. The van der Waals surface area contributed by atoms with Gasteiger partial charge in [0.1, 0.15) is 6.66 Å². The minimum absolute atomic E-state index is 0.531. The smallest absolute Gasteiger partial charge is 0.252 e. The molecule has 220 valence electrons. The predicted molar refractivity (Wildman–Crippen MR) is 149 cm³/mol. The van der Waals surface area contributed by atoms with Gasteiger partial charge in [0.05, 0.1) is 0 Å². The topological polar surface area (TPSA) is 52.9 Å². The van der Waals surface area contributed by atoms with Crippen molar-refractivity contribution in [1.29, 1.82) is 0 Å². The van der Waals surface area contributed by atoms with Crippen molar-refractivity contribution in [1.82, 2.24) is 14.0 Å². The summed E-state index contributed by atoms with van der Waals surface area (Å²) in [6, 6.07) is 17.3. The van der Waals surface area contributed by atoms with Gasteiger partial charge in [-0.25, -0.2) is 4.52 Å². The average molecular weight is 620 g/mol. The second kappa shape index (κ2) is 13.1. The Bertz CT molecular complexity index is 1090. The summed E-state index contributed by atoms with van der Waals surface area (Å²) >= 11 is 0. The van der Waals surface area contributed by atoms with E-state index in [1.54, 1.807) is 60.7 Å². The Hall–Kier alpha value is -1.29. The van der Waals surface area contributed by atoms with Gasteiger partial charge in [-0.3, -0.25) is 14.0 Å². The third-order valence-corrected chi connectivity index (χ3v) is 16.1. The SMILES string of the molecule is CN(C)P(=NP(=N[P+](C)(OCC(F)(F)F)OCC(F)(F)F)(c1ccccc1)c1ccccc1)(N(C)C)N(C)C. The third-order valence-electron chi connectivity index (χ3n) is 5.32. The van der Waals surface area contributed by atoms with Gasteiger partial charge in [-0.05, 0) is 42.3 Å². The molecule has 0 radical (unpaired) electrons. The molecule has 0 fully saturated rings. The van der Waals surface area contributed by atoms with Crippen LogP contribution in [0.5, 0.6) is 0 Å². The van der Waals surface area contributed by atoms with E-state index < -0.39 is 48.1 Å². The minimum atomic E-state index is -4.82. The van der Waals surface area contributed by atoms with Crippen molar-refractivity contribution >= 4 is 33.2 Å². The van der Waals surface area contributed by atoms with E-state index in [-0.39, 0.29) is 0 Å². The van der Waals surface area contributed by atoms with E-state index in [0.29, 0.717) is 10.6 Å². The number of rotatable bonds is 11. The van der Waals surface area contributed by atoms with E-state index in [1.807, 2.05) is 56.3 Å². The molecule has 2 aromatic rings. The molecule has 2 rings (SSSR count). The minimum Gasteiger partial charge on any atom is -0.252 e. The van der Waals surface area contributed by atoms with Crippen LogP contribution in [0.4, 0.5) is 26.3 Å². The maximum absolute atomic E-state index is 13.3. The molecule has 39 heavy (non-hydrogen) atoms. The molecule has 0 bridgehead atoms. The van der Waals surface area contributed by atoms with Gasteiger partial charge in [0, 0.05) is 10.6 Å². The highest BCUT2D eigenvalue weighted by Crippen LogP contribution is 2.73. The first kappa shape index (κ1) is 33.9. The zero-order chi connectivity index (χ0) is 29.7. The van der Waals surface area contributed by atoms with Crippen LogP contribution in [-0.2, 0) is 9.05 Å². The van der Waals surface area contributed by atoms with Crippen molar-refractivity contribution in [3.05, 3.63) is 60.7 Å². The quantitative estimate of drug-likeness (QED) is 0.202. The summed E-state index contributed by atoms with van der Waals surface area (Å²) in [5.41, 5.74) is 0. The van der Waals surface area contributed by atoms with Gasteiger partial charge in [-0.2, -0.15) is 35.4 Å². The van der Waals surface area contributed by atoms with Crippen molar-refractivity contribution in [2.75, 3.05) is 62.2 Å². The Morgan fingerprint density at radius 2 is 1.00 bits per heavy atom. The molecule has 0 atom stereocenters. The Morgan fingerprint density at radius 3 is 1.28 bits per heavy atom. The van der Waals surface area contributed by atoms with Crippen LogP contribution < -0.4 is 10.6 Å². The third kappa shape index (κ3) is 8.85. The molecule has 16 heteroatoms. The number of hydrogen-bond acceptors (Lipinski definition) is 3. The van der Waals surface area contributed by atoms with Crippen molar-refractivity contribution in [2.24, 2.45) is 9.03 Å². The zero-order valence-corrected chi connectivity index (χ0v) is 25.5. The zero-order valence-electron chi connectivity index (χ0n) is 22.8. The summed E-state index contributed by atoms with van der Waals surface area (Å²) in [5.74, 6) is 0. The lowest BCUT2D eigenvalue weighted by molar-refractivity contribution is -0.164. The van der Waals surface area contributed by atoms with Crippen molar-refractivity contribution in [3.63, 3.8) is 0 Å².